The second-order valence-corrected chi connectivity index (χ2v) is 4.38. The van der Waals surface area contributed by atoms with Gasteiger partial charge in [-0.3, -0.25) is 0 Å². The van der Waals surface area contributed by atoms with Gasteiger partial charge in [0.05, 0.1) is 15.1 Å². The Kier molecular flexibility index (Phi) is 2.74. The van der Waals surface area contributed by atoms with E-state index in [9.17, 15) is 0 Å². The predicted molar refractivity (Wildman–Crippen MR) is 63.1 cm³/mol. The maximum absolute atomic E-state index is 8.84. The second kappa shape index (κ2) is 3.77. The number of nitrogens with one attached hydrogen (secondary N) is 1. The quantitative estimate of drug-likeness (QED) is 0.701. The average Bonchev–Trinajstić information content (AvgIpc) is 2.51. The van der Waals surface area contributed by atoms with E-state index < -0.39 is 0 Å². The molecular formula is C9H2Cl4N2. The van der Waals surface area contributed by atoms with Crippen LogP contribution >= 0.6 is 46.4 Å². The highest BCUT2D eigenvalue weighted by atomic mass is 35.5. The molecule has 1 N–H and O–H groups in total. The highest BCUT2D eigenvalue weighted by Crippen LogP contribution is 2.41. The number of aromatic nitrogens is 1. The van der Waals surface area contributed by atoms with E-state index in [4.69, 9.17) is 51.7 Å². The molecule has 0 atom stereocenters. The van der Waals surface area contributed by atoms with Gasteiger partial charge in [0.15, 0.2) is 0 Å². The van der Waals surface area contributed by atoms with Crippen molar-refractivity contribution in [2.75, 3.05) is 0 Å². The number of nitrogens with zero attached hydrogens (tertiary/aromatic N) is 1. The summed E-state index contributed by atoms with van der Waals surface area (Å²) in [4.78, 5) is 2.70. The minimum Gasteiger partial charge on any atom is -0.336 e. The minimum absolute atomic E-state index is 0.233. The average molecular weight is 280 g/mol. The molecule has 0 aliphatic carbocycles. The molecular weight excluding hydrogens is 278 g/mol. The molecule has 0 bridgehead atoms. The van der Waals surface area contributed by atoms with Gasteiger partial charge in [-0.15, -0.1) is 0 Å². The number of halogens is 4. The van der Waals surface area contributed by atoms with Gasteiger partial charge in [0.25, 0.3) is 0 Å². The largest absolute Gasteiger partial charge is 0.336 e. The van der Waals surface area contributed by atoms with Crippen LogP contribution in [-0.2, 0) is 0 Å². The zero-order chi connectivity index (χ0) is 11.2. The standard InChI is InChI=1S/C9H2Cl4N2/c10-4-1-3-5(2-14)15-9(13)6(3)8(12)7(4)11/h1,15H. The van der Waals surface area contributed by atoms with Crippen molar-refractivity contribution >= 4 is 57.2 Å². The summed E-state index contributed by atoms with van der Waals surface area (Å²) in [6.07, 6.45) is 0. The van der Waals surface area contributed by atoms with Gasteiger partial charge < -0.3 is 4.98 Å². The number of hydrogen-bond donors (Lipinski definition) is 1. The van der Waals surface area contributed by atoms with E-state index in [0.29, 0.717) is 21.5 Å². The summed E-state index contributed by atoms with van der Waals surface area (Å²) in [6.45, 7) is 0. The fraction of sp³-hybridized carbons (Fsp3) is 0. The molecule has 6 heteroatoms. The Morgan fingerprint density at radius 3 is 2.40 bits per heavy atom. The van der Waals surface area contributed by atoms with Crippen LogP contribution < -0.4 is 0 Å². The zero-order valence-electron chi connectivity index (χ0n) is 7.04. The molecule has 0 amide bonds. The first-order valence-corrected chi connectivity index (χ1v) is 5.32. The Hall–Kier alpha value is -0.590. The van der Waals surface area contributed by atoms with Crippen LogP contribution in [0.15, 0.2) is 6.07 Å². The van der Waals surface area contributed by atoms with E-state index >= 15 is 0 Å². The number of H-pyrrole nitrogens is 1. The molecule has 76 valence electrons. The lowest BCUT2D eigenvalue weighted by Crippen LogP contribution is -1.76. The van der Waals surface area contributed by atoms with E-state index in [0.717, 1.165) is 0 Å². The summed E-state index contributed by atoms with van der Waals surface area (Å²) in [7, 11) is 0. The van der Waals surface area contributed by atoms with Gasteiger partial charge in [-0.05, 0) is 6.07 Å². The van der Waals surface area contributed by atoms with Crippen LogP contribution in [0.3, 0.4) is 0 Å². The first-order chi connectivity index (χ1) is 7.06. The molecule has 15 heavy (non-hydrogen) atoms. The molecule has 0 radical (unpaired) electrons. The van der Waals surface area contributed by atoms with Gasteiger partial charge in [-0.25, -0.2) is 0 Å². The van der Waals surface area contributed by atoms with Crippen molar-refractivity contribution in [3.63, 3.8) is 0 Å². The normalized spacial score (nSPS) is 10.6. The van der Waals surface area contributed by atoms with Crippen LogP contribution in [0.5, 0.6) is 0 Å². The van der Waals surface area contributed by atoms with E-state index in [1.165, 1.54) is 0 Å². The fourth-order valence-electron chi connectivity index (χ4n) is 1.33. The van der Waals surface area contributed by atoms with Gasteiger partial charge in [0.2, 0.25) is 0 Å². The molecule has 2 aromatic rings. The molecule has 0 saturated heterocycles. The summed E-state index contributed by atoms with van der Waals surface area (Å²) in [6, 6.07) is 3.53. The molecule has 0 unspecified atom stereocenters. The van der Waals surface area contributed by atoms with E-state index in [-0.39, 0.29) is 15.2 Å². The smallest absolute Gasteiger partial charge is 0.126 e. The van der Waals surface area contributed by atoms with Crippen LogP contribution in [0, 0.1) is 11.3 Å². The number of benzene rings is 1. The highest BCUT2D eigenvalue weighted by Gasteiger charge is 2.16. The van der Waals surface area contributed by atoms with E-state index in [1.54, 1.807) is 6.07 Å². The van der Waals surface area contributed by atoms with Crippen molar-refractivity contribution in [2.24, 2.45) is 0 Å². The van der Waals surface area contributed by atoms with Crippen LogP contribution in [0.1, 0.15) is 5.69 Å². The Morgan fingerprint density at radius 2 is 1.80 bits per heavy atom. The number of hydrogen-bond acceptors (Lipinski definition) is 1. The van der Waals surface area contributed by atoms with Crippen LogP contribution in [0.4, 0.5) is 0 Å². The van der Waals surface area contributed by atoms with Gasteiger partial charge in [-0.2, -0.15) is 5.26 Å². The van der Waals surface area contributed by atoms with Gasteiger partial charge in [-0.1, -0.05) is 46.4 Å². The van der Waals surface area contributed by atoms with Gasteiger partial charge >= 0.3 is 0 Å². The summed E-state index contributed by atoms with van der Waals surface area (Å²) in [5.74, 6) is 0. The van der Waals surface area contributed by atoms with Crippen LogP contribution in [0.25, 0.3) is 10.8 Å². The van der Waals surface area contributed by atoms with Crippen molar-refractivity contribution in [3.8, 4) is 6.07 Å². The highest BCUT2D eigenvalue weighted by molar-refractivity contribution is 6.52. The second-order valence-electron chi connectivity index (χ2n) is 2.83. The first-order valence-electron chi connectivity index (χ1n) is 3.81. The summed E-state index contributed by atoms with van der Waals surface area (Å²) in [5, 5.41) is 11.0. The van der Waals surface area contributed by atoms with Crippen molar-refractivity contribution in [1.29, 1.82) is 5.26 Å². The number of rotatable bonds is 0. The maximum atomic E-state index is 8.84. The van der Waals surface area contributed by atoms with Gasteiger partial charge in [0, 0.05) is 10.8 Å². The lowest BCUT2D eigenvalue weighted by molar-refractivity contribution is 1.34. The monoisotopic (exact) mass is 278 g/mol. The number of nitriles is 1. The maximum Gasteiger partial charge on any atom is 0.126 e. The van der Waals surface area contributed by atoms with Crippen molar-refractivity contribution in [1.82, 2.24) is 4.98 Å². The summed E-state index contributed by atoms with van der Waals surface area (Å²) >= 11 is 23.6. The minimum atomic E-state index is 0.233. The van der Waals surface area contributed by atoms with Crippen LogP contribution in [-0.4, -0.2) is 4.98 Å². The molecule has 2 rings (SSSR count). The molecule has 0 aliphatic rings. The molecule has 0 saturated carbocycles. The molecule has 0 spiro atoms. The lowest BCUT2D eigenvalue weighted by Gasteiger charge is -2.00. The summed E-state index contributed by atoms with van der Waals surface area (Å²) < 4.78 is 0. The number of fused-ring (bicyclic) bond motifs is 1. The topological polar surface area (TPSA) is 39.6 Å². The molecule has 1 aromatic carbocycles. The predicted octanol–water partition coefficient (Wildman–Crippen LogP) is 4.65. The lowest BCUT2D eigenvalue weighted by atomic mass is 10.2. The third-order valence-corrected chi connectivity index (χ3v) is 3.54. The Balaban J connectivity index is 3.02. The van der Waals surface area contributed by atoms with Crippen molar-refractivity contribution < 1.29 is 0 Å². The molecule has 2 nitrogen and oxygen atoms in total. The van der Waals surface area contributed by atoms with E-state index in [2.05, 4.69) is 4.98 Å². The molecule has 1 aromatic heterocycles. The SMILES string of the molecule is N#Cc1[nH]c(Cl)c2c(Cl)c(Cl)c(Cl)cc12. The Bertz CT molecular complexity index is 594. The molecule has 1 heterocycles. The summed E-state index contributed by atoms with van der Waals surface area (Å²) in [5.41, 5.74) is 0.315. The Labute approximate surface area is 105 Å². The van der Waals surface area contributed by atoms with Gasteiger partial charge in [0.1, 0.15) is 16.9 Å². The van der Waals surface area contributed by atoms with Crippen LogP contribution in [0.2, 0.25) is 20.2 Å². The van der Waals surface area contributed by atoms with E-state index in [1.807, 2.05) is 6.07 Å². The van der Waals surface area contributed by atoms with Crippen molar-refractivity contribution in [3.05, 3.63) is 32.0 Å². The fourth-order valence-corrected chi connectivity index (χ4v) is 2.37. The third-order valence-electron chi connectivity index (χ3n) is 2.00. The zero-order valence-corrected chi connectivity index (χ0v) is 10.1. The third kappa shape index (κ3) is 1.56. The first kappa shape index (κ1) is 10.9. The Morgan fingerprint density at radius 1 is 1.13 bits per heavy atom. The van der Waals surface area contributed by atoms with Crippen molar-refractivity contribution in [2.45, 2.75) is 0 Å². The molecule has 0 aliphatic heterocycles. The number of aromatic amines is 1. The molecule has 0 fully saturated rings.